The van der Waals surface area contributed by atoms with Gasteiger partial charge in [-0.2, -0.15) is 31.6 Å². The van der Waals surface area contributed by atoms with Crippen molar-refractivity contribution in [1.82, 2.24) is 24.5 Å². The average Bonchev–Trinajstić information content (AvgIpc) is 3.28. The van der Waals surface area contributed by atoms with Crippen molar-refractivity contribution in [3.63, 3.8) is 0 Å². The van der Waals surface area contributed by atoms with E-state index in [-0.39, 0.29) is 33.9 Å². The predicted molar refractivity (Wildman–Crippen MR) is 135 cm³/mol. The number of hydrogen-bond donors (Lipinski definition) is 0. The standard InChI is InChI=1S/C28H7N11/c29-8-14-1-15(9-30)3-16(2-14)39-27-6-21-19(35-23(10-31)25(12-33)37-21)4-17(27)18-5-20-22(7-28(18)39)38-26(13-34)24(11-32)36-20/h1-7H. The summed E-state index contributed by atoms with van der Waals surface area (Å²) in [6.07, 6.45) is 0. The predicted octanol–water partition coefficient (Wildman–Crippen LogP) is 3.90. The summed E-state index contributed by atoms with van der Waals surface area (Å²) in [5.41, 5.74) is 3.31. The fourth-order valence-electron chi connectivity index (χ4n) is 4.57. The van der Waals surface area contributed by atoms with Crippen molar-refractivity contribution >= 4 is 43.9 Å². The van der Waals surface area contributed by atoms with E-state index >= 15 is 0 Å². The third kappa shape index (κ3) is 3.31. The molecule has 0 aliphatic rings. The molecule has 3 heterocycles. The van der Waals surface area contributed by atoms with Crippen LogP contribution in [-0.4, -0.2) is 24.5 Å². The molecule has 0 spiro atoms. The maximum atomic E-state index is 9.58. The van der Waals surface area contributed by atoms with Crippen LogP contribution in [0, 0.1) is 68.0 Å². The van der Waals surface area contributed by atoms with Crippen molar-refractivity contribution < 1.29 is 0 Å². The molecule has 174 valence electrons. The van der Waals surface area contributed by atoms with Crippen molar-refractivity contribution in [3.05, 3.63) is 76.4 Å². The summed E-state index contributed by atoms with van der Waals surface area (Å²) in [5.74, 6) is 0. The normalized spacial score (nSPS) is 10.4. The Morgan fingerprint density at radius 2 is 0.795 bits per heavy atom. The zero-order valence-corrected chi connectivity index (χ0v) is 19.5. The molecular formula is C28H7N11. The van der Waals surface area contributed by atoms with E-state index in [2.05, 4.69) is 32.1 Å². The van der Waals surface area contributed by atoms with Crippen LogP contribution in [0.5, 0.6) is 0 Å². The Kier molecular flexibility index (Phi) is 4.82. The molecule has 6 rings (SSSR count). The van der Waals surface area contributed by atoms with Gasteiger partial charge < -0.3 is 4.57 Å². The topological polar surface area (TPSA) is 199 Å². The molecule has 0 saturated heterocycles. The van der Waals surface area contributed by atoms with Gasteiger partial charge in [0.15, 0.2) is 22.8 Å². The quantitative estimate of drug-likeness (QED) is 0.321. The Labute approximate surface area is 218 Å². The molecule has 0 bridgehead atoms. The van der Waals surface area contributed by atoms with E-state index in [0.717, 1.165) is 0 Å². The molecule has 39 heavy (non-hydrogen) atoms. The number of rotatable bonds is 1. The molecule has 0 fully saturated rings. The fourth-order valence-corrected chi connectivity index (χ4v) is 4.57. The highest BCUT2D eigenvalue weighted by Crippen LogP contribution is 2.36. The minimum Gasteiger partial charge on any atom is -0.309 e. The van der Waals surface area contributed by atoms with E-state index in [0.29, 0.717) is 49.6 Å². The molecule has 0 radical (unpaired) electrons. The van der Waals surface area contributed by atoms with E-state index in [1.165, 1.54) is 6.07 Å². The second kappa shape index (κ2) is 8.34. The highest BCUT2D eigenvalue weighted by Gasteiger charge is 2.19. The van der Waals surface area contributed by atoms with Gasteiger partial charge >= 0.3 is 0 Å². The molecule has 0 aliphatic carbocycles. The van der Waals surface area contributed by atoms with Crippen molar-refractivity contribution in [1.29, 1.82) is 31.6 Å². The molecule has 11 heteroatoms. The molecule has 0 amide bonds. The smallest absolute Gasteiger partial charge is 0.177 e. The number of aromatic nitrogens is 5. The number of fused-ring (bicyclic) bond motifs is 5. The highest BCUT2D eigenvalue weighted by atomic mass is 15.0. The number of hydrogen-bond acceptors (Lipinski definition) is 10. The van der Waals surface area contributed by atoms with Gasteiger partial charge in [0.25, 0.3) is 0 Å². The molecule has 3 aromatic heterocycles. The van der Waals surface area contributed by atoms with E-state index in [1.54, 1.807) is 36.4 Å². The Balaban J connectivity index is 1.84. The first kappa shape index (κ1) is 22.5. The average molecular weight is 497 g/mol. The molecule has 6 aromatic rings. The molecule has 11 nitrogen and oxygen atoms in total. The van der Waals surface area contributed by atoms with Crippen LogP contribution in [0.2, 0.25) is 0 Å². The van der Waals surface area contributed by atoms with Crippen LogP contribution in [-0.2, 0) is 0 Å². The maximum Gasteiger partial charge on any atom is 0.177 e. The molecular weight excluding hydrogens is 490 g/mol. The van der Waals surface area contributed by atoms with Gasteiger partial charge in [-0.1, -0.05) is 0 Å². The van der Waals surface area contributed by atoms with Crippen LogP contribution in [0.15, 0.2) is 42.5 Å². The Morgan fingerprint density at radius 3 is 1.13 bits per heavy atom. The lowest BCUT2D eigenvalue weighted by Crippen LogP contribution is -1.99. The largest absolute Gasteiger partial charge is 0.309 e. The van der Waals surface area contributed by atoms with Gasteiger partial charge in [0.05, 0.1) is 56.4 Å². The summed E-state index contributed by atoms with van der Waals surface area (Å²) in [4.78, 5) is 17.3. The lowest BCUT2D eigenvalue weighted by molar-refractivity contribution is 1.16. The Morgan fingerprint density at radius 1 is 0.436 bits per heavy atom. The number of nitriles is 6. The second-order valence-electron chi connectivity index (χ2n) is 8.33. The minimum absolute atomic E-state index is 0.104. The summed E-state index contributed by atoms with van der Waals surface area (Å²) in [5, 5.41) is 58.3. The molecule has 3 aromatic carbocycles. The summed E-state index contributed by atoms with van der Waals surface area (Å²) < 4.78 is 1.81. The van der Waals surface area contributed by atoms with Crippen molar-refractivity contribution in [2.75, 3.05) is 0 Å². The van der Waals surface area contributed by atoms with Crippen molar-refractivity contribution in [3.8, 4) is 42.1 Å². The zero-order valence-electron chi connectivity index (χ0n) is 19.5. The van der Waals surface area contributed by atoms with Crippen LogP contribution < -0.4 is 0 Å². The van der Waals surface area contributed by atoms with Gasteiger partial charge in [-0.15, -0.1) is 0 Å². The SMILES string of the molecule is N#Cc1cc(C#N)cc(-n2c3cc4nc(C#N)c(C#N)nc4cc3c3cc4nc(C#N)c(C#N)nc4cc32)c1. The zero-order chi connectivity index (χ0) is 27.3. The van der Waals surface area contributed by atoms with Gasteiger partial charge in [0.2, 0.25) is 0 Å². The third-order valence-corrected chi connectivity index (χ3v) is 6.19. The Bertz CT molecular complexity index is 2190. The molecule has 0 aliphatic heterocycles. The lowest BCUT2D eigenvalue weighted by Gasteiger charge is -2.10. The van der Waals surface area contributed by atoms with Gasteiger partial charge in [0, 0.05) is 16.5 Å². The van der Waals surface area contributed by atoms with Crippen LogP contribution in [0.4, 0.5) is 0 Å². The van der Waals surface area contributed by atoms with Crippen LogP contribution in [0.3, 0.4) is 0 Å². The molecule has 0 atom stereocenters. The summed E-state index contributed by atoms with van der Waals surface area (Å²) in [6, 6.07) is 23.3. The fraction of sp³-hybridized carbons (Fsp3) is 0. The maximum absolute atomic E-state index is 9.58. The van der Waals surface area contributed by atoms with Gasteiger partial charge in [0.1, 0.15) is 24.3 Å². The second-order valence-corrected chi connectivity index (χ2v) is 8.33. The number of benzene rings is 3. The first-order valence-electron chi connectivity index (χ1n) is 11.1. The summed E-state index contributed by atoms with van der Waals surface area (Å²) >= 11 is 0. The van der Waals surface area contributed by atoms with E-state index < -0.39 is 0 Å². The van der Waals surface area contributed by atoms with Gasteiger partial charge in [-0.3, -0.25) is 0 Å². The first-order valence-corrected chi connectivity index (χ1v) is 11.1. The van der Waals surface area contributed by atoms with E-state index in [4.69, 9.17) is 0 Å². The van der Waals surface area contributed by atoms with Crippen LogP contribution in [0.1, 0.15) is 33.9 Å². The lowest BCUT2D eigenvalue weighted by atomic mass is 10.1. The highest BCUT2D eigenvalue weighted by molar-refractivity contribution is 6.15. The third-order valence-electron chi connectivity index (χ3n) is 6.19. The van der Waals surface area contributed by atoms with E-state index in [1.807, 2.05) is 28.8 Å². The Hall–Kier alpha value is -6.92. The van der Waals surface area contributed by atoms with Gasteiger partial charge in [-0.25, -0.2) is 19.9 Å². The molecule has 0 unspecified atom stereocenters. The molecule has 0 N–H and O–H groups in total. The van der Waals surface area contributed by atoms with Gasteiger partial charge in [-0.05, 0) is 42.5 Å². The van der Waals surface area contributed by atoms with Crippen LogP contribution >= 0.6 is 0 Å². The summed E-state index contributed by atoms with van der Waals surface area (Å²) in [7, 11) is 0. The number of nitrogens with zero attached hydrogens (tertiary/aromatic N) is 11. The first-order chi connectivity index (χ1) is 19.0. The van der Waals surface area contributed by atoms with Crippen molar-refractivity contribution in [2.45, 2.75) is 0 Å². The molecule has 0 saturated carbocycles. The monoisotopic (exact) mass is 497 g/mol. The van der Waals surface area contributed by atoms with Crippen LogP contribution in [0.25, 0.3) is 49.6 Å². The minimum atomic E-state index is -0.113. The summed E-state index contributed by atoms with van der Waals surface area (Å²) in [6.45, 7) is 0. The van der Waals surface area contributed by atoms with Crippen molar-refractivity contribution in [2.24, 2.45) is 0 Å². The van der Waals surface area contributed by atoms with E-state index in [9.17, 15) is 31.6 Å².